The highest BCUT2D eigenvalue weighted by Gasteiger charge is 2.31. The second-order valence-electron chi connectivity index (χ2n) is 8.08. The molecule has 2 aliphatic carbocycles. The third kappa shape index (κ3) is 4.18. The Kier molecular flexibility index (Phi) is 6.68. The Morgan fingerprint density at radius 2 is 1.77 bits per heavy atom. The molecule has 184 valence electrons. The molecular formula is C26H27NO8. The monoisotopic (exact) mass is 481 g/mol. The van der Waals surface area contributed by atoms with Gasteiger partial charge in [0.2, 0.25) is 11.7 Å². The Morgan fingerprint density at radius 3 is 2.40 bits per heavy atom. The Labute approximate surface area is 202 Å². The number of aryl methyl sites for hydroxylation is 1. The minimum atomic E-state index is -0.771. The van der Waals surface area contributed by atoms with Gasteiger partial charge in [0, 0.05) is 18.1 Å². The lowest BCUT2D eigenvalue weighted by Crippen LogP contribution is -2.26. The maximum atomic E-state index is 12.5. The van der Waals surface area contributed by atoms with Gasteiger partial charge in [0.25, 0.3) is 0 Å². The van der Waals surface area contributed by atoms with Gasteiger partial charge in [-0.25, -0.2) is 9.59 Å². The number of fused-ring (bicyclic) bond motifs is 4. The highest BCUT2D eigenvalue weighted by Crippen LogP contribution is 2.50. The minimum Gasteiger partial charge on any atom is -0.493 e. The molecule has 1 N–H and O–H groups in total. The van der Waals surface area contributed by atoms with Crippen molar-refractivity contribution in [1.29, 1.82) is 0 Å². The minimum absolute atomic E-state index is 0.122. The average molecular weight is 482 g/mol. The molecular weight excluding hydrogens is 454 g/mol. The summed E-state index contributed by atoms with van der Waals surface area (Å²) in [6.45, 7) is 3.23. The van der Waals surface area contributed by atoms with E-state index in [0.29, 0.717) is 41.2 Å². The number of amides is 1. The summed E-state index contributed by atoms with van der Waals surface area (Å²) in [6.07, 6.45) is 1.18. The first-order chi connectivity index (χ1) is 16.8. The molecule has 35 heavy (non-hydrogen) atoms. The van der Waals surface area contributed by atoms with Crippen LogP contribution in [0, 0.1) is 0 Å². The number of esters is 1. The van der Waals surface area contributed by atoms with Gasteiger partial charge in [0.05, 0.1) is 34.0 Å². The lowest BCUT2D eigenvalue weighted by atomic mass is 9.95. The molecule has 1 aromatic rings. The molecule has 1 aliphatic heterocycles. The first-order valence-corrected chi connectivity index (χ1v) is 11.2. The van der Waals surface area contributed by atoms with Crippen molar-refractivity contribution in [2.45, 2.75) is 32.7 Å². The van der Waals surface area contributed by atoms with Crippen LogP contribution in [-0.4, -0.2) is 39.8 Å². The third-order valence-corrected chi connectivity index (χ3v) is 6.07. The average Bonchev–Trinajstić information content (AvgIpc) is 2.94. The van der Waals surface area contributed by atoms with Crippen LogP contribution in [0.1, 0.15) is 47.8 Å². The number of nitrogens with one attached hydrogen (secondary N) is 1. The van der Waals surface area contributed by atoms with E-state index < -0.39 is 17.6 Å². The highest BCUT2D eigenvalue weighted by atomic mass is 16.5. The van der Waals surface area contributed by atoms with Crippen LogP contribution in [-0.2, 0) is 16.0 Å². The van der Waals surface area contributed by atoms with Crippen LogP contribution in [0.3, 0.4) is 0 Å². The molecule has 1 amide bonds. The molecule has 0 unspecified atom stereocenters. The van der Waals surface area contributed by atoms with Gasteiger partial charge in [-0.1, -0.05) is 6.07 Å². The molecule has 0 fully saturated rings. The number of benzene rings is 1. The Hall–Kier alpha value is -4.01. The van der Waals surface area contributed by atoms with Crippen LogP contribution >= 0.6 is 0 Å². The summed E-state index contributed by atoms with van der Waals surface area (Å²) in [5, 5.41) is 3.00. The Bertz CT molecular complexity index is 1330. The van der Waals surface area contributed by atoms with Crippen LogP contribution in [0.15, 0.2) is 33.5 Å². The topological polar surface area (TPSA) is 113 Å². The van der Waals surface area contributed by atoms with Crippen molar-refractivity contribution in [3.05, 3.63) is 51.4 Å². The van der Waals surface area contributed by atoms with E-state index in [-0.39, 0.29) is 23.8 Å². The van der Waals surface area contributed by atoms with Crippen molar-refractivity contribution in [1.82, 2.24) is 5.32 Å². The summed E-state index contributed by atoms with van der Waals surface area (Å²) in [4.78, 5) is 37.1. The molecule has 1 aromatic carbocycles. The molecule has 0 bridgehead atoms. The fourth-order valence-corrected chi connectivity index (χ4v) is 4.66. The normalized spacial score (nSPS) is 14.4. The van der Waals surface area contributed by atoms with E-state index in [1.807, 2.05) is 6.07 Å². The molecule has 9 nitrogen and oxygen atoms in total. The number of carbonyl (C=O) groups is 2. The van der Waals surface area contributed by atoms with Gasteiger partial charge in [-0.05, 0) is 54.7 Å². The second kappa shape index (κ2) is 9.69. The molecule has 1 atom stereocenters. The molecule has 0 aromatic heterocycles. The Morgan fingerprint density at radius 1 is 1.06 bits per heavy atom. The first kappa shape index (κ1) is 24.1. The highest BCUT2D eigenvalue weighted by molar-refractivity contribution is 5.97. The third-order valence-electron chi connectivity index (χ3n) is 6.07. The molecule has 1 heterocycles. The molecule has 0 spiro atoms. The number of hydrogen-bond donors (Lipinski definition) is 1. The molecule has 0 saturated carbocycles. The van der Waals surface area contributed by atoms with Crippen molar-refractivity contribution in [2.24, 2.45) is 0 Å². The number of methoxy groups -OCH3 is 3. The summed E-state index contributed by atoms with van der Waals surface area (Å²) in [7, 11) is 4.63. The second-order valence-corrected chi connectivity index (χ2v) is 8.08. The standard InChI is InChI=1S/C26H27NO8/c1-6-34-25(29)22-16-9-8-15-17(12-19(16)35-26(22)30)18(27-13(2)28)10-7-14-11-20(31-3)23(32-4)24(33-5)21(14)15/h8-9,11-12,18H,6-7,10H2,1-5H3,(H,27,28)/t18-/m0/s1. The number of hydrogen-bond acceptors (Lipinski definition) is 8. The van der Waals surface area contributed by atoms with Crippen LogP contribution in [0.2, 0.25) is 0 Å². The Balaban J connectivity index is 2.08. The van der Waals surface area contributed by atoms with Crippen LogP contribution in [0.4, 0.5) is 0 Å². The van der Waals surface area contributed by atoms with E-state index in [2.05, 4.69) is 5.32 Å². The van der Waals surface area contributed by atoms with E-state index >= 15 is 0 Å². The zero-order valence-electron chi connectivity index (χ0n) is 20.3. The smallest absolute Gasteiger partial charge is 0.351 e. The van der Waals surface area contributed by atoms with Gasteiger partial charge in [-0.15, -0.1) is 0 Å². The fourth-order valence-electron chi connectivity index (χ4n) is 4.66. The molecule has 9 heteroatoms. The maximum absolute atomic E-state index is 12.5. The molecule has 0 radical (unpaired) electrons. The SMILES string of the molecule is CCOC(=O)c1c2ccc3c(cc-2oc1=O)[C@@H](NC(C)=O)CCc1cc(OC)c(OC)c(OC)c1-3. The van der Waals surface area contributed by atoms with E-state index in [1.165, 1.54) is 14.0 Å². The van der Waals surface area contributed by atoms with Gasteiger partial charge in [-0.2, -0.15) is 0 Å². The van der Waals surface area contributed by atoms with Gasteiger partial charge >= 0.3 is 11.6 Å². The quantitative estimate of drug-likeness (QED) is 0.530. The predicted octanol–water partition coefficient (Wildman–Crippen LogP) is 3.74. The molecule has 4 rings (SSSR count). The summed E-state index contributed by atoms with van der Waals surface area (Å²) >= 11 is 0. The van der Waals surface area contributed by atoms with E-state index in [4.69, 9.17) is 23.4 Å². The zero-order valence-corrected chi connectivity index (χ0v) is 20.3. The predicted molar refractivity (Wildman–Crippen MR) is 128 cm³/mol. The number of carbonyl (C=O) groups excluding carboxylic acids is 2. The van der Waals surface area contributed by atoms with E-state index in [1.54, 1.807) is 39.3 Å². The van der Waals surface area contributed by atoms with Crippen molar-refractivity contribution < 1.29 is 33.0 Å². The maximum Gasteiger partial charge on any atom is 0.351 e. The van der Waals surface area contributed by atoms with Crippen molar-refractivity contribution in [2.75, 3.05) is 27.9 Å². The van der Waals surface area contributed by atoms with Gasteiger partial charge < -0.3 is 28.7 Å². The molecule has 0 saturated heterocycles. The number of furan rings is 1. The first-order valence-electron chi connectivity index (χ1n) is 11.2. The van der Waals surface area contributed by atoms with Crippen LogP contribution in [0.25, 0.3) is 22.5 Å². The molecule has 3 aliphatic rings. The lowest BCUT2D eigenvalue weighted by Gasteiger charge is -2.19. The number of ether oxygens (including phenoxy) is 4. The largest absolute Gasteiger partial charge is 0.493 e. The van der Waals surface area contributed by atoms with Gasteiger partial charge in [0.15, 0.2) is 17.1 Å². The van der Waals surface area contributed by atoms with Crippen LogP contribution < -0.4 is 25.2 Å². The van der Waals surface area contributed by atoms with Crippen LogP contribution in [0.5, 0.6) is 17.2 Å². The van der Waals surface area contributed by atoms with E-state index in [9.17, 15) is 14.4 Å². The lowest BCUT2D eigenvalue weighted by molar-refractivity contribution is -0.119. The summed E-state index contributed by atoms with van der Waals surface area (Å²) < 4.78 is 27.5. The van der Waals surface area contributed by atoms with Crippen molar-refractivity contribution in [3.8, 4) is 39.7 Å². The van der Waals surface area contributed by atoms with Gasteiger partial charge in [-0.3, -0.25) is 4.79 Å². The van der Waals surface area contributed by atoms with E-state index in [0.717, 1.165) is 16.7 Å². The summed E-state index contributed by atoms with van der Waals surface area (Å²) in [5.74, 6) is 0.703. The summed E-state index contributed by atoms with van der Waals surface area (Å²) in [5.41, 5.74) is 2.54. The fraction of sp³-hybridized carbons (Fsp3) is 0.346. The summed E-state index contributed by atoms with van der Waals surface area (Å²) in [6, 6.07) is 6.65. The van der Waals surface area contributed by atoms with Gasteiger partial charge in [0.1, 0.15) is 5.76 Å². The zero-order chi connectivity index (χ0) is 25.3. The number of rotatable bonds is 6. The van der Waals surface area contributed by atoms with Crippen molar-refractivity contribution >= 4 is 11.9 Å². The van der Waals surface area contributed by atoms with Crippen molar-refractivity contribution in [3.63, 3.8) is 0 Å².